The molecule has 92 valence electrons. The minimum absolute atomic E-state index is 0.00171. The lowest BCUT2D eigenvalue weighted by Gasteiger charge is -2.35. The molecule has 1 aliphatic carbocycles. The van der Waals surface area contributed by atoms with E-state index in [-0.39, 0.29) is 24.2 Å². The molecule has 1 heterocycles. The molecule has 1 saturated carbocycles. The van der Waals surface area contributed by atoms with Crippen molar-refractivity contribution in [1.29, 1.82) is 0 Å². The second-order valence-electron chi connectivity index (χ2n) is 5.01. The van der Waals surface area contributed by atoms with E-state index in [2.05, 4.69) is 12.2 Å². The van der Waals surface area contributed by atoms with E-state index in [9.17, 15) is 9.90 Å². The normalized spacial score (nSPS) is 40.4. The van der Waals surface area contributed by atoms with Crippen LogP contribution < -0.4 is 5.32 Å². The summed E-state index contributed by atoms with van der Waals surface area (Å²) in [5, 5.41) is 12.8. The molecule has 0 bridgehead atoms. The average Bonchev–Trinajstić information content (AvgIpc) is 2.56. The zero-order valence-corrected chi connectivity index (χ0v) is 10.1. The van der Waals surface area contributed by atoms with E-state index in [1.807, 2.05) is 11.8 Å². The fraction of sp³-hybridized carbons (Fsp3) is 0.917. The van der Waals surface area contributed by atoms with E-state index < -0.39 is 0 Å². The van der Waals surface area contributed by atoms with Gasteiger partial charge in [-0.2, -0.15) is 0 Å². The second-order valence-corrected chi connectivity index (χ2v) is 5.01. The first-order chi connectivity index (χ1) is 7.63. The zero-order valence-electron chi connectivity index (χ0n) is 10.1. The summed E-state index contributed by atoms with van der Waals surface area (Å²) in [6.07, 6.45) is 4.40. The second kappa shape index (κ2) is 4.72. The van der Waals surface area contributed by atoms with Crippen LogP contribution >= 0.6 is 0 Å². The molecule has 4 nitrogen and oxygen atoms in total. The molecule has 2 atom stereocenters. The predicted molar refractivity (Wildman–Crippen MR) is 61.8 cm³/mol. The van der Waals surface area contributed by atoms with Gasteiger partial charge in [0.15, 0.2) is 0 Å². The third-order valence-electron chi connectivity index (χ3n) is 3.88. The van der Waals surface area contributed by atoms with Crippen molar-refractivity contribution in [2.45, 2.75) is 70.3 Å². The van der Waals surface area contributed by atoms with Crippen molar-refractivity contribution >= 4 is 5.91 Å². The molecule has 2 fully saturated rings. The van der Waals surface area contributed by atoms with Crippen molar-refractivity contribution in [2.24, 2.45) is 0 Å². The van der Waals surface area contributed by atoms with Crippen LogP contribution in [0.5, 0.6) is 0 Å². The van der Waals surface area contributed by atoms with Gasteiger partial charge < -0.3 is 10.0 Å². The molecule has 2 unspecified atom stereocenters. The van der Waals surface area contributed by atoms with Crippen molar-refractivity contribution < 1.29 is 9.90 Å². The Morgan fingerprint density at radius 1 is 1.38 bits per heavy atom. The SMILES string of the molecule is CCC1NC(C)N(C2CCC(O)CC2)C1=O. The first-order valence-corrected chi connectivity index (χ1v) is 6.39. The van der Waals surface area contributed by atoms with Gasteiger partial charge in [0.1, 0.15) is 0 Å². The van der Waals surface area contributed by atoms with Crippen LogP contribution in [0.2, 0.25) is 0 Å². The Bertz CT molecular complexity index is 262. The lowest BCUT2D eigenvalue weighted by molar-refractivity contribution is -0.133. The van der Waals surface area contributed by atoms with Crippen molar-refractivity contribution in [3.05, 3.63) is 0 Å². The maximum absolute atomic E-state index is 12.1. The summed E-state index contributed by atoms with van der Waals surface area (Å²) >= 11 is 0. The molecular weight excluding hydrogens is 204 g/mol. The largest absolute Gasteiger partial charge is 0.393 e. The molecule has 16 heavy (non-hydrogen) atoms. The van der Waals surface area contributed by atoms with Gasteiger partial charge in [-0.3, -0.25) is 10.1 Å². The van der Waals surface area contributed by atoms with Crippen molar-refractivity contribution in [2.75, 3.05) is 0 Å². The molecule has 0 aromatic carbocycles. The quantitative estimate of drug-likeness (QED) is 0.734. The first kappa shape index (κ1) is 11.9. The summed E-state index contributed by atoms with van der Waals surface area (Å²) in [6, 6.07) is 0.330. The van der Waals surface area contributed by atoms with Crippen LogP contribution in [0, 0.1) is 0 Å². The standard InChI is InChI=1S/C12H22N2O2/c1-3-11-12(16)14(8(2)13-11)9-4-6-10(15)7-5-9/h8-11,13,15H,3-7H2,1-2H3. The number of carbonyl (C=O) groups excluding carboxylic acids is 1. The molecule has 1 amide bonds. The Morgan fingerprint density at radius 2 is 2.00 bits per heavy atom. The number of nitrogens with zero attached hydrogens (tertiary/aromatic N) is 1. The highest BCUT2D eigenvalue weighted by atomic mass is 16.3. The lowest BCUT2D eigenvalue weighted by atomic mass is 9.91. The summed E-state index contributed by atoms with van der Waals surface area (Å²) in [6.45, 7) is 4.09. The summed E-state index contributed by atoms with van der Waals surface area (Å²) < 4.78 is 0. The highest BCUT2D eigenvalue weighted by Crippen LogP contribution is 2.27. The summed E-state index contributed by atoms with van der Waals surface area (Å²) in [7, 11) is 0. The Labute approximate surface area is 97.0 Å². The Kier molecular flexibility index (Phi) is 3.50. The van der Waals surface area contributed by atoms with E-state index in [0.717, 1.165) is 32.1 Å². The van der Waals surface area contributed by atoms with Gasteiger partial charge in [0.25, 0.3) is 0 Å². The maximum atomic E-state index is 12.1. The van der Waals surface area contributed by atoms with Crippen LogP contribution in [0.25, 0.3) is 0 Å². The Hall–Kier alpha value is -0.610. The Balaban J connectivity index is 2.01. The molecule has 2 N–H and O–H groups in total. The Morgan fingerprint density at radius 3 is 2.50 bits per heavy atom. The molecule has 2 rings (SSSR count). The topological polar surface area (TPSA) is 52.6 Å². The highest BCUT2D eigenvalue weighted by Gasteiger charge is 2.40. The van der Waals surface area contributed by atoms with Gasteiger partial charge in [0.05, 0.1) is 18.3 Å². The number of aliphatic hydroxyl groups is 1. The molecule has 1 saturated heterocycles. The van der Waals surface area contributed by atoms with Crippen molar-refractivity contribution in [3.8, 4) is 0 Å². The fourth-order valence-electron chi connectivity index (χ4n) is 2.94. The summed E-state index contributed by atoms with van der Waals surface area (Å²) in [5.74, 6) is 0.247. The van der Waals surface area contributed by atoms with Gasteiger partial charge in [-0.1, -0.05) is 6.92 Å². The monoisotopic (exact) mass is 226 g/mol. The number of hydrogen-bond acceptors (Lipinski definition) is 3. The van der Waals surface area contributed by atoms with E-state index in [0.29, 0.717) is 6.04 Å². The number of rotatable bonds is 2. The third-order valence-corrected chi connectivity index (χ3v) is 3.88. The molecule has 4 heteroatoms. The molecule has 0 aromatic rings. The van der Waals surface area contributed by atoms with Gasteiger partial charge in [0, 0.05) is 6.04 Å². The smallest absolute Gasteiger partial charge is 0.241 e. The first-order valence-electron chi connectivity index (χ1n) is 6.39. The van der Waals surface area contributed by atoms with Gasteiger partial charge >= 0.3 is 0 Å². The molecule has 0 spiro atoms. The van der Waals surface area contributed by atoms with Gasteiger partial charge in [-0.05, 0) is 39.0 Å². The number of aliphatic hydroxyl groups excluding tert-OH is 1. The zero-order chi connectivity index (χ0) is 11.7. The van der Waals surface area contributed by atoms with E-state index in [1.54, 1.807) is 0 Å². The van der Waals surface area contributed by atoms with E-state index in [4.69, 9.17) is 0 Å². The van der Waals surface area contributed by atoms with Crippen LogP contribution in [0.1, 0.15) is 46.0 Å². The summed E-state index contributed by atoms with van der Waals surface area (Å²) in [5.41, 5.74) is 0. The van der Waals surface area contributed by atoms with Crippen LogP contribution in [-0.2, 0) is 4.79 Å². The maximum Gasteiger partial charge on any atom is 0.241 e. The number of amides is 1. The van der Waals surface area contributed by atoms with Crippen LogP contribution in [0.3, 0.4) is 0 Å². The number of carbonyl (C=O) groups is 1. The van der Waals surface area contributed by atoms with Crippen LogP contribution in [0.4, 0.5) is 0 Å². The fourth-order valence-corrected chi connectivity index (χ4v) is 2.94. The van der Waals surface area contributed by atoms with E-state index >= 15 is 0 Å². The minimum Gasteiger partial charge on any atom is -0.393 e. The van der Waals surface area contributed by atoms with Crippen molar-refractivity contribution in [1.82, 2.24) is 10.2 Å². The van der Waals surface area contributed by atoms with Crippen molar-refractivity contribution in [3.63, 3.8) is 0 Å². The lowest BCUT2D eigenvalue weighted by Crippen LogP contribution is -2.45. The highest BCUT2D eigenvalue weighted by molar-refractivity contribution is 5.84. The third kappa shape index (κ3) is 2.09. The summed E-state index contributed by atoms with van der Waals surface area (Å²) in [4.78, 5) is 14.1. The molecule has 0 radical (unpaired) electrons. The number of nitrogens with one attached hydrogen (secondary N) is 1. The van der Waals surface area contributed by atoms with Crippen LogP contribution in [0.15, 0.2) is 0 Å². The molecule has 1 aliphatic heterocycles. The average molecular weight is 226 g/mol. The molecule has 0 aromatic heterocycles. The minimum atomic E-state index is -0.154. The van der Waals surface area contributed by atoms with E-state index in [1.165, 1.54) is 0 Å². The number of hydrogen-bond donors (Lipinski definition) is 2. The van der Waals surface area contributed by atoms with Gasteiger partial charge in [-0.25, -0.2) is 0 Å². The predicted octanol–water partition coefficient (Wildman–Crippen LogP) is 0.846. The van der Waals surface area contributed by atoms with Crippen LogP contribution in [-0.4, -0.2) is 40.3 Å². The van der Waals surface area contributed by atoms with Gasteiger partial charge in [-0.15, -0.1) is 0 Å². The molecule has 2 aliphatic rings. The van der Waals surface area contributed by atoms with Gasteiger partial charge in [0.2, 0.25) is 5.91 Å². The molecular formula is C12H22N2O2.